The molecule has 4 nitrogen and oxygen atoms in total. The van der Waals surface area contributed by atoms with Crippen LogP contribution in [0.1, 0.15) is 37.8 Å². The van der Waals surface area contributed by atoms with Crippen molar-refractivity contribution in [2.75, 3.05) is 34.4 Å². The molecule has 0 saturated carbocycles. The summed E-state index contributed by atoms with van der Waals surface area (Å²) in [5, 5.41) is 3.68. The average Bonchev–Trinajstić information content (AvgIpc) is 2.76. The normalized spacial score (nSPS) is 24.6. The predicted octanol–water partition coefficient (Wildman–Crippen LogP) is 4.77. The summed E-state index contributed by atoms with van der Waals surface area (Å²) in [4.78, 5) is 2.52. The summed E-state index contributed by atoms with van der Waals surface area (Å²) in [6, 6.07) is 17.8. The first-order chi connectivity index (χ1) is 14.5. The molecule has 1 aliphatic heterocycles. The number of ether oxygens (including phenoxy) is 2. The van der Waals surface area contributed by atoms with E-state index in [1.54, 1.807) is 14.2 Å². The van der Waals surface area contributed by atoms with Gasteiger partial charge in [-0.3, -0.25) is 0 Å². The number of hydrogen-bond donors (Lipinski definition) is 1. The molecule has 2 aromatic carbocycles. The lowest BCUT2D eigenvalue weighted by Gasteiger charge is -2.49. The molecule has 3 atom stereocenters. The van der Waals surface area contributed by atoms with Gasteiger partial charge < -0.3 is 19.7 Å². The SMILES string of the molecule is COc1ccc(CNCC[C@@]2(Cc3ccccc3)C[C@@H](C)N(C)C[C@H]2C)cc1OC. The second-order valence-electron chi connectivity index (χ2n) is 9.03. The highest BCUT2D eigenvalue weighted by molar-refractivity contribution is 5.42. The van der Waals surface area contributed by atoms with Crippen molar-refractivity contribution in [1.82, 2.24) is 10.2 Å². The van der Waals surface area contributed by atoms with E-state index in [0.29, 0.717) is 17.4 Å². The number of rotatable bonds is 9. The maximum absolute atomic E-state index is 5.44. The summed E-state index contributed by atoms with van der Waals surface area (Å²) in [5.41, 5.74) is 3.01. The third-order valence-electron chi connectivity index (χ3n) is 7.04. The first-order valence-electron chi connectivity index (χ1n) is 11.1. The fraction of sp³-hybridized carbons (Fsp3) is 0.538. The number of methoxy groups -OCH3 is 2. The van der Waals surface area contributed by atoms with Gasteiger partial charge in [0, 0.05) is 19.1 Å². The van der Waals surface area contributed by atoms with Crippen LogP contribution in [0.2, 0.25) is 0 Å². The van der Waals surface area contributed by atoms with Crippen LogP contribution in [-0.2, 0) is 13.0 Å². The summed E-state index contributed by atoms with van der Waals surface area (Å²) in [7, 11) is 5.62. The van der Waals surface area contributed by atoms with Gasteiger partial charge in [-0.2, -0.15) is 0 Å². The van der Waals surface area contributed by atoms with E-state index in [-0.39, 0.29) is 0 Å². The van der Waals surface area contributed by atoms with Crippen LogP contribution in [-0.4, -0.2) is 45.3 Å². The Morgan fingerprint density at radius 2 is 1.73 bits per heavy atom. The summed E-state index contributed by atoms with van der Waals surface area (Å²) >= 11 is 0. The van der Waals surface area contributed by atoms with E-state index >= 15 is 0 Å². The van der Waals surface area contributed by atoms with Gasteiger partial charge in [0.05, 0.1) is 14.2 Å². The van der Waals surface area contributed by atoms with Crippen molar-refractivity contribution in [3.63, 3.8) is 0 Å². The van der Waals surface area contributed by atoms with Crippen molar-refractivity contribution < 1.29 is 9.47 Å². The fourth-order valence-corrected chi connectivity index (χ4v) is 5.00. The largest absolute Gasteiger partial charge is 0.493 e. The molecule has 30 heavy (non-hydrogen) atoms. The molecule has 1 N–H and O–H groups in total. The molecule has 2 aromatic rings. The van der Waals surface area contributed by atoms with Crippen molar-refractivity contribution >= 4 is 0 Å². The molecule has 0 amide bonds. The van der Waals surface area contributed by atoms with Crippen LogP contribution in [0, 0.1) is 11.3 Å². The number of benzene rings is 2. The lowest BCUT2D eigenvalue weighted by Crippen LogP contribution is -2.51. The molecular formula is C26H38N2O2. The highest BCUT2D eigenvalue weighted by Gasteiger charge is 2.42. The first-order valence-corrected chi connectivity index (χ1v) is 11.1. The predicted molar refractivity (Wildman–Crippen MR) is 124 cm³/mol. The Morgan fingerprint density at radius 1 is 1.00 bits per heavy atom. The topological polar surface area (TPSA) is 33.7 Å². The maximum Gasteiger partial charge on any atom is 0.161 e. The van der Waals surface area contributed by atoms with Gasteiger partial charge in [0.2, 0.25) is 0 Å². The highest BCUT2D eigenvalue weighted by Crippen LogP contribution is 2.44. The van der Waals surface area contributed by atoms with Gasteiger partial charge in [-0.25, -0.2) is 0 Å². The summed E-state index contributed by atoms with van der Waals surface area (Å²) in [5.74, 6) is 2.23. The number of hydrogen-bond acceptors (Lipinski definition) is 4. The van der Waals surface area contributed by atoms with Crippen LogP contribution in [0.15, 0.2) is 48.5 Å². The van der Waals surface area contributed by atoms with Gasteiger partial charge in [-0.1, -0.05) is 43.3 Å². The first kappa shape index (κ1) is 22.6. The van der Waals surface area contributed by atoms with Crippen LogP contribution >= 0.6 is 0 Å². The molecule has 1 saturated heterocycles. The highest BCUT2D eigenvalue weighted by atomic mass is 16.5. The van der Waals surface area contributed by atoms with E-state index in [9.17, 15) is 0 Å². The number of nitrogens with zero attached hydrogens (tertiary/aromatic N) is 1. The van der Waals surface area contributed by atoms with Crippen LogP contribution in [0.3, 0.4) is 0 Å². The van der Waals surface area contributed by atoms with Crippen molar-refractivity contribution in [2.45, 2.75) is 45.7 Å². The van der Waals surface area contributed by atoms with Crippen LogP contribution in [0.25, 0.3) is 0 Å². The van der Waals surface area contributed by atoms with Crippen molar-refractivity contribution in [3.05, 3.63) is 59.7 Å². The smallest absolute Gasteiger partial charge is 0.161 e. The average molecular weight is 411 g/mol. The van der Waals surface area contributed by atoms with E-state index in [4.69, 9.17) is 9.47 Å². The molecule has 1 fully saturated rings. The third-order valence-corrected chi connectivity index (χ3v) is 7.04. The van der Waals surface area contributed by atoms with Gasteiger partial charge in [0.15, 0.2) is 11.5 Å². The van der Waals surface area contributed by atoms with Gasteiger partial charge in [-0.05, 0) is 74.4 Å². The molecule has 1 heterocycles. The summed E-state index contributed by atoms with van der Waals surface area (Å²) in [6.45, 7) is 7.85. The Bertz CT molecular complexity index is 795. The lowest BCUT2D eigenvalue weighted by molar-refractivity contribution is 0.0132. The van der Waals surface area contributed by atoms with Crippen LogP contribution in [0.5, 0.6) is 11.5 Å². The van der Waals surface area contributed by atoms with Crippen molar-refractivity contribution in [3.8, 4) is 11.5 Å². The van der Waals surface area contributed by atoms with Crippen molar-refractivity contribution in [2.24, 2.45) is 11.3 Å². The molecule has 0 bridgehead atoms. The zero-order valence-electron chi connectivity index (χ0n) is 19.3. The van der Waals surface area contributed by atoms with Crippen LogP contribution < -0.4 is 14.8 Å². The minimum atomic E-state index is 0.331. The standard InChI is InChI=1S/C26H38N2O2/c1-20-19-28(3)21(2)16-26(20,17-22-9-7-6-8-10-22)13-14-27-18-23-11-12-24(29-4)25(15-23)30-5/h6-12,15,20-21,27H,13-14,16-19H2,1-5H3/t20-,21-,26+/m1/s1. The lowest BCUT2D eigenvalue weighted by atomic mass is 9.63. The molecule has 3 rings (SSSR count). The van der Waals surface area contributed by atoms with Gasteiger partial charge >= 0.3 is 0 Å². The van der Waals surface area contributed by atoms with Gasteiger partial charge in [0.25, 0.3) is 0 Å². The number of nitrogens with one attached hydrogen (secondary N) is 1. The van der Waals surface area contributed by atoms with E-state index in [1.165, 1.54) is 30.5 Å². The molecule has 1 aliphatic rings. The second kappa shape index (κ2) is 10.3. The molecular weight excluding hydrogens is 372 g/mol. The molecule has 0 spiro atoms. The third kappa shape index (κ3) is 5.35. The minimum absolute atomic E-state index is 0.331. The fourth-order valence-electron chi connectivity index (χ4n) is 5.00. The zero-order valence-corrected chi connectivity index (χ0v) is 19.3. The Hall–Kier alpha value is -2.04. The number of likely N-dealkylation sites (tertiary alicyclic amines) is 1. The Morgan fingerprint density at radius 3 is 2.43 bits per heavy atom. The molecule has 164 valence electrons. The van der Waals surface area contributed by atoms with E-state index < -0.39 is 0 Å². The molecule has 4 heteroatoms. The van der Waals surface area contributed by atoms with Gasteiger partial charge in [0.1, 0.15) is 0 Å². The summed E-state index contributed by atoms with van der Waals surface area (Å²) in [6.07, 6.45) is 3.59. The monoisotopic (exact) mass is 410 g/mol. The van der Waals surface area contributed by atoms with E-state index in [2.05, 4.69) is 73.6 Å². The molecule has 0 aliphatic carbocycles. The molecule has 0 radical (unpaired) electrons. The quantitative estimate of drug-likeness (QED) is 0.604. The Labute approximate surface area is 182 Å². The second-order valence-corrected chi connectivity index (χ2v) is 9.03. The van der Waals surface area contributed by atoms with Crippen LogP contribution in [0.4, 0.5) is 0 Å². The minimum Gasteiger partial charge on any atom is -0.493 e. The molecule has 0 unspecified atom stereocenters. The van der Waals surface area contributed by atoms with E-state index in [1.807, 2.05) is 6.07 Å². The number of piperidine rings is 1. The van der Waals surface area contributed by atoms with Gasteiger partial charge in [-0.15, -0.1) is 0 Å². The Kier molecular flexibility index (Phi) is 7.79. The Balaban J connectivity index is 1.65. The molecule has 0 aromatic heterocycles. The summed E-state index contributed by atoms with van der Waals surface area (Å²) < 4.78 is 10.8. The van der Waals surface area contributed by atoms with E-state index in [0.717, 1.165) is 31.0 Å². The zero-order chi connectivity index (χ0) is 21.6. The van der Waals surface area contributed by atoms with Crippen molar-refractivity contribution in [1.29, 1.82) is 0 Å². The maximum atomic E-state index is 5.44.